The molecule has 0 atom stereocenters. The second-order valence-corrected chi connectivity index (χ2v) is 5.40. The molecule has 0 radical (unpaired) electrons. The lowest BCUT2D eigenvalue weighted by Crippen LogP contribution is -2.31. The first-order valence-electron chi connectivity index (χ1n) is 8.11. The van der Waals surface area contributed by atoms with Crippen LogP contribution in [-0.4, -0.2) is 11.5 Å². The summed E-state index contributed by atoms with van der Waals surface area (Å²) in [6.07, 6.45) is 16.2. The van der Waals surface area contributed by atoms with Crippen LogP contribution in [0.4, 0.5) is 5.82 Å². The third-order valence-electron chi connectivity index (χ3n) is 3.56. The molecule has 20 heavy (non-hydrogen) atoms. The number of aromatic nitrogens is 2. The van der Waals surface area contributed by atoms with E-state index in [2.05, 4.69) is 17.2 Å². The van der Waals surface area contributed by atoms with Crippen molar-refractivity contribution in [2.24, 2.45) is 0 Å². The van der Waals surface area contributed by atoms with Crippen molar-refractivity contribution < 1.29 is 4.73 Å². The summed E-state index contributed by atoms with van der Waals surface area (Å²) in [5.74, 6) is 0.593. The highest BCUT2D eigenvalue weighted by molar-refractivity contribution is 5.25. The van der Waals surface area contributed by atoms with Crippen molar-refractivity contribution in [1.82, 2.24) is 4.98 Å². The lowest BCUT2D eigenvalue weighted by Gasteiger charge is -2.09. The molecule has 1 N–H and O–H groups in total. The van der Waals surface area contributed by atoms with Crippen molar-refractivity contribution >= 4 is 5.82 Å². The molecular formula is C16H29N3O. The summed E-state index contributed by atoms with van der Waals surface area (Å²) >= 11 is 0. The molecule has 0 aromatic carbocycles. The van der Waals surface area contributed by atoms with Gasteiger partial charge in [0.25, 0.3) is 0 Å². The van der Waals surface area contributed by atoms with Gasteiger partial charge in [0, 0.05) is 6.07 Å². The van der Waals surface area contributed by atoms with Crippen LogP contribution in [0.25, 0.3) is 0 Å². The van der Waals surface area contributed by atoms with E-state index < -0.39 is 0 Å². The predicted molar refractivity (Wildman–Crippen MR) is 83.5 cm³/mol. The summed E-state index contributed by atoms with van der Waals surface area (Å²) in [6, 6.07) is 1.71. The first kappa shape index (κ1) is 16.7. The first-order valence-corrected chi connectivity index (χ1v) is 8.11. The molecule has 1 aromatic heterocycles. The number of rotatable bonds is 12. The molecule has 0 fully saturated rings. The topological polar surface area (TPSA) is 51.9 Å². The highest BCUT2D eigenvalue weighted by Crippen LogP contribution is 2.10. The lowest BCUT2D eigenvalue weighted by molar-refractivity contribution is -0.593. The van der Waals surface area contributed by atoms with Gasteiger partial charge in [-0.05, 0) is 6.42 Å². The minimum Gasteiger partial charge on any atom is -0.740 e. The average Bonchev–Trinajstić information content (AvgIpc) is 2.46. The molecule has 0 spiro atoms. The van der Waals surface area contributed by atoms with E-state index in [0.29, 0.717) is 5.82 Å². The van der Waals surface area contributed by atoms with Gasteiger partial charge in [-0.1, -0.05) is 64.7 Å². The molecule has 1 heterocycles. The number of nitrogens with one attached hydrogen (secondary N) is 1. The molecule has 0 saturated carbocycles. The van der Waals surface area contributed by atoms with Crippen molar-refractivity contribution in [3.63, 3.8) is 0 Å². The molecule has 114 valence electrons. The van der Waals surface area contributed by atoms with Gasteiger partial charge in [-0.2, -0.15) is 0 Å². The Morgan fingerprint density at radius 2 is 1.60 bits per heavy atom. The zero-order chi connectivity index (χ0) is 14.5. The van der Waals surface area contributed by atoms with Crippen LogP contribution in [0.2, 0.25) is 0 Å². The summed E-state index contributed by atoms with van der Waals surface area (Å²) in [5, 5.41) is 14.5. The van der Waals surface area contributed by atoms with Gasteiger partial charge < -0.3 is 10.5 Å². The van der Waals surface area contributed by atoms with E-state index in [1.54, 1.807) is 12.3 Å². The van der Waals surface area contributed by atoms with Crippen LogP contribution >= 0.6 is 0 Å². The molecule has 4 heteroatoms. The van der Waals surface area contributed by atoms with Gasteiger partial charge in [0.05, 0.1) is 6.54 Å². The Balaban J connectivity index is 1.87. The van der Waals surface area contributed by atoms with E-state index in [-0.39, 0.29) is 0 Å². The van der Waals surface area contributed by atoms with Crippen LogP contribution in [0.15, 0.2) is 18.6 Å². The number of hydrogen-bond donors (Lipinski definition) is 1. The van der Waals surface area contributed by atoms with Crippen LogP contribution in [0.5, 0.6) is 0 Å². The summed E-state index contributed by atoms with van der Waals surface area (Å²) in [7, 11) is 0. The minimum absolute atomic E-state index is 0.593. The summed E-state index contributed by atoms with van der Waals surface area (Å²) in [5.41, 5.74) is 0. The smallest absolute Gasteiger partial charge is 0.225 e. The molecule has 0 aliphatic heterocycles. The Morgan fingerprint density at radius 1 is 1.00 bits per heavy atom. The van der Waals surface area contributed by atoms with Crippen LogP contribution in [0.3, 0.4) is 0 Å². The fourth-order valence-electron chi connectivity index (χ4n) is 2.31. The Kier molecular flexibility index (Phi) is 9.62. The van der Waals surface area contributed by atoms with Crippen LogP contribution in [0.1, 0.15) is 71.1 Å². The fourth-order valence-corrected chi connectivity index (χ4v) is 2.31. The Hall–Kier alpha value is -1.32. The first-order chi connectivity index (χ1) is 9.84. The SMILES string of the molecule is CCCCCCCCCCCCNc1ccnc[n+]1[O-]. The highest BCUT2D eigenvalue weighted by Gasteiger charge is 1.99. The average molecular weight is 279 g/mol. The molecule has 0 bridgehead atoms. The predicted octanol–water partition coefficient (Wildman–Crippen LogP) is 4.05. The number of hydrogen-bond acceptors (Lipinski definition) is 3. The zero-order valence-electron chi connectivity index (χ0n) is 12.8. The van der Waals surface area contributed by atoms with Gasteiger partial charge in [0.1, 0.15) is 6.20 Å². The van der Waals surface area contributed by atoms with Crippen molar-refractivity contribution in [3.8, 4) is 0 Å². The van der Waals surface area contributed by atoms with Gasteiger partial charge in [0.2, 0.25) is 12.1 Å². The second-order valence-electron chi connectivity index (χ2n) is 5.40. The Labute approximate surface area is 123 Å². The van der Waals surface area contributed by atoms with E-state index in [1.165, 1.54) is 64.1 Å². The van der Waals surface area contributed by atoms with Gasteiger partial charge in [-0.15, -0.1) is 4.98 Å². The molecular weight excluding hydrogens is 250 g/mol. The van der Waals surface area contributed by atoms with E-state index >= 15 is 0 Å². The summed E-state index contributed by atoms with van der Waals surface area (Å²) < 4.78 is 0.774. The monoisotopic (exact) mass is 279 g/mol. The van der Waals surface area contributed by atoms with Crippen LogP contribution < -0.4 is 10.0 Å². The third kappa shape index (κ3) is 7.97. The number of unbranched alkanes of at least 4 members (excludes halogenated alkanes) is 9. The van der Waals surface area contributed by atoms with Crippen LogP contribution in [0, 0.1) is 5.21 Å². The van der Waals surface area contributed by atoms with E-state index in [0.717, 1.165) is 17.7 Å². The van der Waals surface area contributed by atoms with E-state index in [4.69, 9.17) is 0 Å². The molecule has 4 nitrogen and oxygen atoms in total. The molecule has 0 aliphatic rings. The maximum absolute atomic E-state index is 11.3. The molecule has 0 saturated heterocycles. The third-order valence-corrected chi connectivity index (χ3v) is 3.56. The quantitative estimate of drug-likeness (QED) is 0.357. The standard InChI is InChI=1S/C16H29N3O/c1-2-3-4-5-6-7-8-9-10-11-13-18-16-12-14-17-15-19(16)20/h12,14-15,18H,2-11,13H2,1H3. The molecule has 0 unspecified atom stereocenters. The summed E-state index contributed by atoms with van der Waals surface area (Å²) in [6.45, 7) is 3.12. The highest BCUT2D eigenvalue weighted by atomic mass is 16.5. The van der Waals surface area contributed by atoms with Crippen molar-refractivity contribution in [2.45, 2.75) is 71.1 Å². The van der Waals surface area contributed by atoms with E-state index in [9.17, 15) is 5.21 Å². The Morgan fingerprint density at radius 3 is 2.20 bits per heavy atom. The molecule has 0 aliphatic carbocycles. The fraction of sp³-hybridized carbons (Fsp3) is 0.750. The zero-order valence-corrected chi connectivity index (χ0v) is 12.8. The van der Waals surface area contributed by atoms with Crippen molar-refractivity contribution in [1.29, 1.82) is 0 Å². The van der Waals surface area contributed by atoms with E-state index in [1.807, 2.05) is 0 Å². The van der Waals surface area contributed by atoms with Gasteiger partial charge in [-0.25, -0.2) is 0 Å². The van der Waals surface area contributed by atoms with Crippen molar-refractivity contribution in [3.05, 3.63) is 23.8 Å². The second kappa shape index (κ2) is 11.5. The van der Waals surface area contributed by atoms with Gasteiger partial charge >= 0.3 is 0 Å². The number of anilines is 1. The molecule has 1 aromatic rings. The maximum Gasteiger partial charge on any atom is 0.225 e. The Bertz CT molecular complexity index is 344. The largest absolute Gasteiger partial charge is 0.740 e. The van der Waals surface area contributed by atoms with Gasteiger partial charge in [0.15, 0.2) is 0 Å². The minimum atomic E-state index is 0.593. The molecule has 0 amide bonds. The lowest BCUT2D eigenvalue weighted by atomic mass is 10.1. The summed E-state index contributed by atoms with van der Waals surface area (Å²) in [4.78, 5) is 3.76. The normalized spacial score (nSPS) is 10.7. The van der Waals surface area contributed by atoms with Crippen LogP contribution in [-0.2, 0) is 0 Å². The van der Waals surface area contributed by atoms with Gasteiger partial charge in [-0.3, -0.25) is 4.73 Å². The number of nitrogens with zero attached hydrogens (tertiary/aromatic N) is 2. The maximum atomic E-state index is 11.3. The van der Waals surface area contributed by atoms with Crippen molar-refractivity contribution in [2.75, 3.05) is 11.9 Å². The molecule has 1 rings (SSSR count).